The zero-order chi connectivity index (χ0) is 19.0. The number of imidazole rings is 1. The maximum absolute atomic E-state index is 14.2. The summed E-state index contributed by atoms with van der Waals surface area (Å²) in [4.78, 5) is 22.6. The summed E-state index contributed by atoms with van der Waals surface area (Å²) >= 11 is 5.87. The lowest BCUT2D eigenvalue weighted by molar-refractivity contribution is -0.131. The third-order valence-corrected chi connectivity index (χ3v) is 4.79. The van der Waals surface area contributed by atoms with Crippen molar-refractivity contribution in [2.24, 2.45) is 0 Å². The molecule has 5 nitrogen and oxygen atoms in total. The van der Waals surface area contributed by atoms with E-state index in [0.717, 1.165) is 17.3 Å². The molecule has 1 amide bonds. The summed E-state index contributed by atoms with van der Waals surface area (Å²) in [6.07, 6.45) is 3.39. The Balaban J connectivity index is 1.57. The number of carbonyl (C=O) groups is 1. The molecule has 0 aliphatic carbocycles. The first kappa shape index (κ1) is 17.6. The first-order chi connectivity index (χ1) is 13.0. The molecule has 0 bridgehead atoms. The van der Waals surface area contributed by atoms with Crippen LogP contribution in [0, 0.1) is 11.6 Å². The van der Waals surface area contributed by atoms with Crippen LogP contribution in [0.15, 0.2) is 42.9 Å². The zero-order valence-electron chi connectivity index (χ0n) is 14.2. The Hall–Kier alpha value is -2.80. The van der Waals surface area contributed by atoms with Gasteiger partial charge in [-0.25, -0.2) is 18.7 Å². The van der Waals surface area contributed by atoms with Crippen molar-refractivity contribution in [2.75, 3.05) is 6.54 Å². The fourth-order valence-corrected chi connectivity index (χ4v) is 3.41. The highest BCUT2D eigenvalue weighted by Crippen LogP contribution is 2.28. The Bertz CT molecular complexity index is 1020. The number of pyridine rings is 1. The molecule has 3 aromatic rings. The van der Waals surface area contributed by atoms with Gasteiger partial charge in [0.1, 0.15) is 16.8 Å². The summed E-state index contributed by atoms with van der Waals surface area (Å²) in [5, 5.41) is 0.339. The van der Waals surface area contributed by atoms with Gasteiger partial charge in [-0.05, 0) is 29.8 Å². The van der Waals surface area contributed by atoms with Gasteiger partial charge in [0.25, 0.3) is 0 Å². The molecule has 2 aromatic heterocycles. The number of carbonyl (C=O) groups excluding carboxylic acids is 1. The molecule has 1 aromatic carbocycles. The number of halogens is 3. The molecule has 0 spiro atoms. The van der Waals surface area contributed by atoms with Crippen molar-refractivity contribution in [2.45, 2.75) is 19.5 Å². The second-order valence-corrected chi connectivity index (χ2v) is 6.72. The van der Waals surface area contributed by atoms with E-state index in [1.54, 1.807) is 29.6 Å². The van der Waals surface area contributed by atoms with E-state index in [1.807, 2.05) is 4.57 Å². The van der Waals surface area contributed by atoms with Crippen LogP contribution in [0.3, 0.4) is 0 Å². The first-order valence-corrected chi connectivity index (χ1v) is 8.76. The van der Waals surface area contributed by atoms with Crippen molar-refractivity contribution in [3.05, 3.63) is 70.9 Å². The number of amides is 1. The minimum atomic E-state index is -0.675. The molecule has 4 rings (SSSR count). The van der Waals surface area contributed by atoms with Crippen molar-refractivity contribution in [1.29, 1.82) is 0 Å². The van der Waals surface area contributed by atoms with Gasteiger partial charge in [-0.2, -0.15) is 0 Å². The molecule has 0 unspecified atom stereocenters. The van der Waals surface area contributed by atoms with Crippen molar-refractivity contribution in [3.8, 4) is 11.3 Å². The number of hydrogen-bond donors (Lipinski definition) is 0. The number of fused-ring (bicyclic) bond motifs is 1. The van der Waals surface area contributed by atoms with E-state index in [-0.39, 0.29) is 17.9 Å². The fourth-order valence-electron chi connectivity index (χ4n) is 3.21. The lowest BCUT2D eigenvalue weighted by Crippen LogP contribution is -2.39. The molecule has 0 fully saturated rings. The van der Waals surface area contributed by atoms with E-state index in [9.17, 15) is 13.6 Å². The van der Waals surface area contributed by atoms with E-state index < -0.39 is 11.6 Å². The summed E-state index contributed by atoms with van der Waals surface area (Å²) in [5.74, 6) is -1.38. The molecule has 0 saturated heterocycles. The monoisotopic (exact) mass is 388 g/mol. The molecule has 138 valence electrons. The maximum Gasteiger partial charge on any atom is 0.227 e. The van der Waals surface area contributed by atoms with Crippen LogP contribution >= 0.6 is 11.6 Å². The van der Waals surface area contributed by atoms with Crippen molar-refractivity contribution >= 4 is 17.5 Å². The zero-order valence-corrected chi connectivity index (χ0v) is 15.0. The minimum Gasteiger partial charge on any atom is -0.335 e. The molecule has 1 aliphatic heterocycles. The molecular formula is C19H15ClF2N4O. The van der Waals surface area contributed by atoms with Gasteiger partial charge in [0.15, 0.2) is 0 Å². The fraction of sp³-hybridized carbons (Fsp3) is 0.211. The van der Waals surface area contributed by atoms with Gasteiger partial charge in [-0.3, -0.25) is 4.79 Å². The highest BCUT2D eigenvalue weighted by Gasteiger charge is 2.25. The average molecular weight is 389 g/mol. The van der Waals surface area contributed by atoms with Crippen LogP contribution < -0.4 is 0 Å². The Morgan fingerprint density at radius 1 is 1.15 bits per heavy atom. The van der Waals surface area contributed by atoms with E-state index in [4.69, 9.17) is 11.6 Å². The number of nitrogens with zero attached hydrogens (tertiary/aromatic N) is 4. The highest BCUT2D eigenvalue weighted by molar-refractivity contribution is 6.29. The van der Waals surface area contributed by atoms with E-state index >= 15 is 0 Å². The van der Waals surface area contributed by atoms with Gasteiger partial charge in [0.2, 0.25) is 5.91 Å². The normalized spacial score (nSPS) is 13.5. The number of rotatable bonds is 3. The predicted octanol–water partition coefficient (Wildman–Crippen LogP) is 3.46. The third kappa shape index (κ3) is 3.55. The van der Waals surface area contributed by atoms with Crippen molar-refractivity contribution in [1.82, 2.24) is 19.4 Å². The van der Waals surface area contributed by atoms with Crippen LogP contribution in [0.4, 0.5) is 8.78 Å². The third-order valence-electron chi connectivity index (χ3n) is 4.58. The summed E-state index contributed by atoms with van der Waals surface area (Å²) in [5.41, 5.74) is 2.16. The molecule has 0 N–H and O–H groups in total. The summed E-state index contributed by atoms with van der Waals surface area (Å²) < 4.78 is 29.3. The molecule has 27 heavy (non-hydrogen) atoms. The minimum absolute atomic E-state index is 0.0600. The van der Waals surface area contributed by atoms with E-state index in [2.05, 4.69) is 9.97 Å². The van der Waals surface area contributed by atoms with Crippen LogP contribution in [0.2, 0.25) is 5.15 Å². The van der Waals surface area contributed by atoms with Gasteiger partial charge in [0.05, 0.1) is 30.7 Å². The predicted molar refractivity (Wildman–Crippen MR) is 95.9 cm³/mol. The molecule has 1 aliphatic rings. The smallest absolute Gasteiger partial charge is 0.227 e. The summed E-state index contributed by atoms with van der Waals surface area (Å²) in [6.45, 7) is 1.41. The maximum atomic E-state index is 14.2. The number of aromatic nitrogens is 3. The standard InChI is InChI=1S/C19H15ClF2N4O/c20-17-7-12(3-4-23-17)8-18(27)25-5-6-26-11-24-19(16(26)10-25)14-2-1-13(21)9-15(14)22/h1-4,7,9,11H,5-6,8,10H2. The molecule has 0 atom stereocenters. The lowest BCUT2D eigenvalue weighted by Gasteiger charge is -2.29. The molecule has 8 heteroatoms. The summed E-state index contributed by atoms with van der Waals surface area (Å²) in [7, 11) is 0. The lowest BCUT2D eigenvalue weighted by atomic mass is 10.1. The second-order valence-electron chi connectivity index (χ2n) is 6.34. The molecule has 0 radical (unpaired) electrons. The SMILES string of the molecule is O=C(Cc1ccnc(Cl)c1)N1CCn2cnc(-c3ccc(F)cc3F)c2C1. The van der Waals surface area contributed by atoms with Crippen LogP contribution in [-0.2, 0) is 24.3 Å². The van der Waals surface area contributed by atoms with Gasteiger partial charge in [0, 0.05) is 30.9 Å². The average Bonchev–Trinajstić information content (AvgIpc) is 3.05. The molecule has 3 heterocycles. The quantitative estimate of drug-likeness (QED) is 0.646. The van der Waals surface area contributed by atoms with E-state index in [1.165, 1.54) is 12.1 Å². The number of benzene rings is 1. The largest absolute Gasteiger partial charge is 0.335 e. The second kappa shape index (κ2) is 7.08. The van der Waals surface area contributed by atoms with Crippen LogP contribution in [0.25, 0.3) is 11.3 Å². The highest BCUT2D eigenvalue weighted by atomic mass is 35.5. The number of hydrogen-bond acceptors (Lipinski definition) is 3. The van der Waals surface area contributed by atoms with Crippen molar-refractivity contribution in [3.63, 3.8) is 0 Å². The van der Waals surface area contributed by atoms with E-state index in [0.29, 0.717) is 30.5 Å². The Morgan fingerprint density at radius 2 is 2.00 bits per heavy atom. The van der Waals surface area contributed by atoms with Crippen LogP contribution in [0.5, 0.6) is 0 Å². The van der Waals surface area contributed by atoms with Crippen molar-refractivity contribution < 1.29 is 13.6 Å². The van der Waals surface area contributed by atoms with Gasteiger partial charge in [-0.15, -0.1) is 0 Å². The topological polar surface area (TPSA) is 51.0 Å². The Morgan fingerprint density at radius 3 is 2.78 bits per heavy atom. The van der Waals surface area contributed by atoms with Gasteiger partial charge < -0.3 is 9.47 Å². The summed E-state index contributed by atoms with van der Waals surface area (Å²) in [6, 6.07) is 6.81. The van der Waals surface area contributed by atoms with Gasteiger partial charge >= 0.3 is 0 Å². The molecular weight excluding hydrogens is 374 g/mol. The van der Waals surface area contributed by atoms with Crippen LogP contribution in [-0.4, -0.2) is 31.9 Å². The Labute approximate surface area is 159 Å². The molecule has 0 saturated carbocycles. The van der Waals surface area contributed by atoms with Crippen LogP contribution in [0.1, 0.15) is 11.3 Å². The van der Waals surface area contributed by atoms with Gasteiger partial charge in [-0.1, -0.05) is 11.6 Å². The Kier molecular flexibility index (Phi) is 4.61. The first-order valence-electron chi connectivity index (χ1n) is 8.39.